The Morgan fingerprint density at radius 1 is 0.769 bits per heavy atom. The molecule has 12 heteroatoms. The molecule has 0 saturated heterocycles. The minimum absolute atomic E-state index is 0.155. The molecule has 0 bridgehead atoms. The molecule has 1 N–H and O–H groups in total. The summed E-state index contributed by atoms with van der Waals surface area (Å²) in [5, 5.41) is 0. The Kier molecular flexibility index (Phi) is 5.29. The highest BCUT2D eigenvalue weighted by Gasteiger charge is 2.31. The second-order valence-corrected chi connectivity index (χ2v) is 8.56. The summed E-state index contributed by atoms with van der Waals surface area (Å²) >= 11 is 0. The van der Waals surface area contributed by atoms with E-state index in [1.165, 1.54) is 0 Å². The lowest BCUT2D eigenvalue weighted by Crippen LogP contribution is -2.14. The second-order valence-electron chi connectivity index (χ2n) is 4.96. The molecule has 0 aliphatic carbocycles. The third kappa shape index (κ3) is 4.30. The van der Waals surface area contributed by atoms with Crippen molar-refractivity contribution in [3.8, 4) is 0 Å². The highest BCUT2D eigenvalue weighted by Crippen LogP contribution is 2.30. The van der Waals surface area contributed by atoms with Crippen LogP contribution < -0.4 is 4.72 Å². The molecule has 2 aromatic carbocycles. The van der Waals surface area contributed by atoms with Crippen LogP contribution in [0, 0.1) is 0 Å². The predicted molar refractivity (Wildman–Crippen MR) is 81.9 cm³/mol. The van der Waals surface area contributed by atoms with Gasteiger partial charge in [0, 0.05) is 5.69 Å². The standard InChI is InChI=1S/C14H10F5NO4S2/c15-13(16)25(21,22)11-7-3-10(4-8-11)20-26(23,24)12-5-1-9(2-6-12)14(17,18)19/h1-8,13,20H. The lowest BCUT2D eigenvalue weighted by atomic mass is 10.2. The van der Waals surface area contributed by atoms with Crippen molar-refractivity contribution in [3.05, 3.63) is 54.1 Å². The zero-order chi connectivity index (χ0) is 19.8. The molecule has 2 rings (SSSR count). The van der Waals surface area contributed by atoms with Crippen LogP contribution in [-0.4, -0.2) is 22.6 Å². The Labute approximate surface area is 145 Å². The molecule has 142 valence electrons. The van der Waals surface area contributed by atoms with E-state index < -0.39 is 47.1 Å². The molecule has 0 aromatic heterocycles. The summed E-state index contributed by atoms with van der Waals surface area (Å²) in [6, 6.07) is 6.13. The average molecular weight is 415 g/mol. The SMILES string of the molecule is O=S(=O)(Nc1ccc(S(=O)(=O)C(F)F)cc1)c1ccc(C(F)(F)F)cc1. The van der Waals surface area contributed by atoms with Gasteiger partial charge in [-0.25, -0.2) is 16.8 Å². The van der Waals surface area contributed by atoms with E-state index in [1.807, 2.05) is 4.72 Å². The van der Waals surface area contributed by atoms with Crippen molar-refractivity contribution in [1.82, 2.24) is 0 Å². The van der Waals surface area contributed by atoms with E-state index in [9.17, 15) is 38.8 Å². The van der Waals surface area contributed by atoms with Crippen LogP contribution in [0.4, 0.5) is 27.6 Å². The summed E-state index contributed by atoms with van der Waals surface area (Å²) in [5.41, 5.74) is -1.18. The molecule has 0 fully saturated rings. The summed E-state index contributed by atoms with van der Waals surface area (Å²) in [5.74, 6) is -3.63. The third-order valence-electron chi connectivity index (χ3n) is 3.16. The van der Waals surface area contributed by atoms with Gasteiger partial charge in [0.2, 0.25) is 9.84 Å². The Morgan fingerprint density at radius 3 is 1.65 bits per heavy atom. The van der Waals surface area contributed by atoms with Gasteiger partial charge in [0.1, 0.15) is 0 Å². The Bertz CT molecular complexity index is 983. The molecule has 2 aromatic rings. The van der Waals surface area contributed by atoms with Gasteiger partial charge in [-0.1, -0.05) is 0 Å². The van der Waals surface area contributed by atoms with Crippen LogP contribution in [0.1, 0.15) is 5.56 Å². The molecule has 0 unspecified atom stereocenters. The molecule has 0 atom stereocenters. The minimum Gasteiger partial charge on any atom is -0.280 e. The smallest absolute Gasteiger partial charge is 0.280 e. The van der Waals surface area contributed by atoms with Crippen LogP contribution in [0.3, 0.4) is 0 Å². The molecule has 0 aliphatic rings. The number of sulfonamides is 1. The molecule has 5 nitrogen and oxygen atoms in total. The molecule has 0 saturated carbocycles. The maximum Gasteiger partial charge on any atom is 0.416 e. The minimum atomic E-state index is -4.83. The summed E-state index contributed by atoms with van der Waals surface area (Å²) in [7, 11) is -9.08. The second kappa shape index (κ2) is 6.83. The number of hydrogen-bond donors (Lipinski definition) is 1. The maximum atomic E-state index is 12.5. The molecule has 0 heterocycles. The third-order valence-corrected chi connectivity index (χ3v) is 5.96. The first-order chi connectivity index (χ1) is 11.8. The van der Waals surface area contributed by atoms with Gasteiger partial charge in [0.25, 0.3) is 10.0 Å². The number of hydrogen-bond acceptors (Lipinski definition) is 4. The van der Waals surface area contributed by atoms with E-state index in [0.717, 1.165) is 36.4 Å². The number of nitrogens with one attached hydrogen (secondary N) is 1. The fraction of sp³-hybridized carbons (Fsp3) is 0.143. The topological polar surface area (TPSA) is 80.3 Å². The molecular formula is C14H10F5NO4S2. The Balaban J connectivity index is 2.24. The average Bonchev–Trinajstić information content (AvgIpc) is 2.54. The van der Waals surface area contributed by atoms with Crippen LogP contribution >= 0.6 is 0 Å². The van der Waals surface area contributed by atoms with E-state index in [4.69, 9.17) is 0 Å². The fourth-order valence-corrected chi connectivity index (χ4v) is 3.63. The van der Waals surface area contributed by atoms with Gasteiger partial charge in [0.05, 0.1) is 15.4 Å². The number of rotatable bonds is 5. The lowest BCUT2D eigenvalue weighted by molar-refractivity contribution is -0.137. The van der Waals surface area contributed by atoms with Gasteiger partial charge in [-0.15, -0.1) is 0 Å². The molecule has 0 spiro atoms. The van der Waals surface area contributed by atoms with Crippen LogP contribution in [0.15, 0.2) is 58.3 Å². The lowest BCUT2D eigenvalue weighted by Gasteiger charge is -2.11. The van der Waals surface area contributed by atoms with Crippen LogP contribution in [0.25, 0.3) is 0 Å². The van der Waals surface area contributed by atoms with E-state index in [-0.39, 0.29) is 5.69 Å². The van der Waals surface area contributed by atoms with Crippen LogP contribution in [0.5, 0.6) is 0 Å². The number of anilines is 1. The number of sulfone groups is 1. The zero-order valence-electron chi connectivity index (χ0n) is 12.5. The number of alkyl halides is 5. The van der Waals surface area contributed by atoms with Crippen molar-refractivity contribution in [2.45, 2.75) is 21.7 Å². The quantitative estimate of drug-likeness (QED) is 0.758. The first-order valence-corrected chi connectivity index (χ1v) is 9.69. The maximum absolute atomic E-state index is 12.5. The summed E-state index contributed by atoms with van der Waals surface area (Å²) < 4.78 is 111. The predicted octanol–water partition coefficient (Wildman–Crippen LogP) is 3.50. The highest BCUT2D eigenvalue weighted by molar-refractivity contribution is 7.92. The number of benzene rings is 2. The zero-order valence-corrected chi connectivity index (χ0v) is 14.2. The molecule has 0 aliphatic heterocycles. The summed E-state index contributed by atoms with van der Waals surface area (Å²) in [6.45, 7) is 0. The first kappa shape index (κ1) is 20.1. The largest absolute Gasteiger partial charge is 0.416 e. The Morgan fingerprint density at radius 2 is 1.23 bits per heavy atom. The normalized spacial score (nSPS) is 13.0. The van der Waals surface area contributed by atoms with Crippen molar-refractivity contribution in [1.29, 1.82) is 0 Å². The Hall–Kier alpha value is -2.21. The van der Waals surface area contributed by atoms with Gasteiger partial charge in [-0.05, 0) is 48.5 Å². The van der Waals surface area contributed by atoms with E-state index in [1.54, 1.807) is 0 Å². The molecular weight excluding hydrogens is 405 g/mol. The summed E-state index contributed by atoms with van der Waals surface area (Å²) in [4.78, 5) is -1.17. The van der Waals surface area contributed by atoms with Crippen molar-refractivity contribution in [2.24, 2.45) is 0 Å². The van der Waals surface area contributed by atoms with E-state index in [0.29, 0.717) is 12.1 Å². The molecule has 26 heavy (non-hydrogen) atoms. The van der Waals surface area contributed by atoms with E-state index in [2.05, 4.69) is 0 Å². The van der Waals surface area contributed by atoms with Crippen molar-refractivity contribution >= 4 is 25.5 Å². The van der Waals surface area contributed by atoms with Crippen molar-refractivity contribution in [2.75, 3.05) is 4.72 Å². The van der Waals surface area contributed by atoms with Crippen molar-refractivity contribution < 1.29 is 38.8 Å². The fourth-order valence-electron chi connectivity index (χ4n) is 1.85. The molecule has 0 radical (unpaired) electrons. The van der Waals surface area contributed by atoms with Crippen molar-refractivity contribution in [3.63, 3.8) is 0 Å². The first-order valence-electron chi connectivity index (χ1n) is 6.66. The van der Waals surface area contributed by atoms with Gasteiger partial charge in [-0.3, -0.25) is 4.72 Å². The highest BCUT2D eigenvalue weighted by atomic mass is 32.2. The molecule has 0 amide bonds. The number of halogens is 5. The van der Waals surface area contributed by atoms with Crippen LogP contribution in [-0.2, 0) is 26.0 Å². The monoisotopic (exact) mass is 415 g/mol. The van der Waals surface area contributed by atoms with Gasteiger partial charge < -0.3 is 0 Å². The van der Waals surface area contributed by atoms with Gasteiger partial charge in [-0.2, -0.15) is 22.0 Å². The van der Waals surface area contributed by atoms with E-state index >= 15 is 0 Å². The van der Waals surface area contributed by atoms with Gasteiger partial charge in [0.15, 0.2) is 0 Å². The van der Waals surface area contributed by atoms with Gasteiger partial charge >= 0.3 is 11.9 Å². The summed E-state index contributed by atoms with van der Waals surface area (Å²) in [6.07, 6.45) is -4.62. The van der Waals surface area contributed by atoms with Crippen LogP contribution in [0.2, 0.25) is 0 Å².